The van der Waals surface area contributed by atoms with Gasteiger partial charge in [-0.2, -0.15) is 0 Å². The molecule has 0 spiro atoms. The lowest BCUT2D eigenvalue weighted by molar-refractivity contribution is 0.156. The Bertz CT molecular complexity index is 790. The molecule has 2 aromatic rings. The van der Waals surface area contributed by atoms with Crippen LogP contribution >= 0.6 is 0 Å². The van der Waals surface area contributed by atoms with Crippen LogP contribution in [0.25, 0.3) is 11.1 Å². The molecule has 2 fully saturated rings. The molecule has 0 N–H and O–H groups in total. The van der Waals surface area contributed by atoms with Gasteiger partial charge in [0, 0.05) is 0 Å². The predicted molar refractivity (Wildman–Crippen MR) is 128 cm³/mol. The molecule has 0 radical (unpaired) electrons. The van der Waals surface area contributed by atoms with Crippen molar-refractivity contribution < 1.29 is 4.74 Å². The van der Waals surface area contributed by atoms with Crippen molar-refractivity contribution >= 4 is 0 Å². The number of methoxy groups -OCH3 is 1. The predicted octanol–water partition coefficient (Wildman–Crippen LogP) is 8.55. The van der Waals surface area contributed by atoms with Crippen LogP contribution in [-0.2, 0) is 0 Å². The van der Waals surface area contributed by atoms with Gasteiger partial charge < -0.3 is 4.74 Å². The van der Waals surface area contributed by atoms with Gasteiger partial charge in [0.1, 0.15) is 5.75 Å². The fourth-order valence-electron chi connectivity index (χ4n) is 6.30. The van der Waals surface area contributed by atoms with E-state index in [1.165, 1.54) is 80.9 Å². The molecule has 0 aliphatic heterocycles. The van der Waals surface area contributed by atoms with Gasteiger partial charge in [-0.15, -0.1) is 0 Å². The van der Waals surface area contributed by atoms with Gasteiger partial charge in [-0.05, 0) is 104 Å². The van der Waals surface area contributed by atoms with E-state index in [9.17, 15) is 0 Å². The van der Waals surface area contributed by atoms with Crippen LogP contribution < -0.4 is 4.74 Å². The van der Waals surface area contributed by atoms with Crippen molar-refractivity contribution in [2.75, 3.05) is 7.11 Å². The lowest BCUT2D eigenvalue weighted by Gasteiger charge is -2.38. The van der Waals surface area contributed by atoms with Crippen molar-refractivity contribution in [1.82, 2.24) is 0 Å². The summed E-state index contributed by atoms with van der Waals surface area (Å²) in [6.07, 6.45) is 14.5. The lowest BCUT2D eigenvalue weighted by atomic mass is 9.68. The van der Waals surface area contributed by atoms with Crippen LogP contribution in [-0.4, -0.2) is 7.11 Å². The van der Waals surface area contributed by atoms with Crippen LogP contribution in [0.5, 0.6) is 5.75 Å². The fourth-order valence-corrected chi connectivity index (χ4v) is 6.30. The standard InChI is InChI=1S/C29H40O/c1-4-5-22-6-8-23(9-7-22)24-10-12-25(13-11-24)26-14-16-27(17-15-26)29-19-18-28(30-3)20-21(29)2/h14-20,22-25H,4-13H2,1-3H3. The summed E-state index contributed by atoms with van der Waals surface area (Å²) in [6, 6.07) is 15.8. The highest BCUT2D eigenvalue weighted by molar-refractivity contribution is 5.68. The highest BCUT2D eigenvalue weighted by Gasteiger charge is 2.31. The van der Waals surface area contributed by atoms with Crippen molar-refractivity contribution in [3.05, 3.63) is 53.6 Å². The zero-order valence-corrected chi connectivity index (χ0v) is 19.3. The van der Waals surface area contributed by atoms with E-state index in [0.29, 0.717) is 0 Å². The largest absolute Gasteiger partial charge is 0.497 e. The highest BCUT2D eigenvalue weighted by atomic mass is 16.5. The Morgan fingerprint density at radius 3 is 2.00 bits per heavy atom. The Kier molecular flexibility index (Phi) is 7.18. The lowest BCUT2D eigenvalue weighted by Crippen LogP contribution is -2.25. The van der Waals surface area contributed by atoms with Crippen molar-refractivity contribution in [2.45, 2.75) is 84.0 Å². The first-order valence-electron chi connectivity index (χ1n) is 12.4. The van der Waals surface area contributed by atoms with Gasteiger partial charge in [0.25, 0.3) is 0 Å². The SMILES string of the molecule is CCCC1CCC(C2CCC(c3ccc(-c4ccc(OC)cc4C)cc3)CC2)CC1. The van der Waals surface area contributed by atoms with E-state index in [0.717, 1.165) is 29.4 Å². The molecule has 0 atom stereocenters. The van der Waals surface area contributed by atoms with Crippen molar-refractivity contribution in [2.24, 2.45) is 17.8 Å². The number of hydrogen-bond acceptors (Lipinski definition) is 1. The summed E-state index contributed by atoms with van der Waals surface area (Å²) in [4.78, 5) is 0. The minimum Gasteiger partial charge on any atom is -0.497 e. The van der Waals surface area contributed by atoms with Crippen molar-refractivity contribution in [1.29, 1.82) is 0 Å². The van der Waals surface area contributed by atoms with Gasteiger partial charge >= 0.3 is 0 Å². The summed E-state index contributed by atoms with van der Waals surface area (Å²) < 4.78 is 5.35. The quantitative estimate of drug-likeness (QED) is 0.468. The maximum absolute atomic E-state index is 5.35. The molecule has 0 heterocycles. The van der Waals surface area contributed by atoms with Crippen molar-refractivity contribution in [3.63, 3.8) is 0 Å². The van der Waals surface area contributed by atoms with Gasteiger partial charge in [-0.3, -0.25) is 0 Å². The van der Waals surface area contributed by atoms with Gasteiger partial charge in [0.2, 0.25) is 0 Å². The van der Waals surface area contributed by atoms with Gasteiger partial charge in [0.05, 0.1) is 7.11 Å². The molecule has 0 saturated heterocycles. The molecular formula is C29H40O. The second-order valence-electron chi connectivity index (χ2n) is 9.98. The van der Waals surface area contributed by atoms with E-state index in [1.807, 2.05) is 0 Å². The molecule has 0 bridgehead atoms. The molecule has 0 amide bonds. The zero-order valence-electron chi connectivity index (χ0n) is 19.3. The molecule has 162 valence electrons. The van der Waals surface area contributed by atoms with Crippen LogP contribution in [0.4, 0.5) is 0 Å². The van der Waals surface area contributed by atoms with Crippen LogP contribution in [0.3, 0.4) is 0 Å². The van der Waals surface area contributed by atoms with Crippen molar-refractivity contribution in [3.8, 4) is 16.9 Å². The summed E-state index contributed by atoms with van der Waals surface area (Å²) in [6.45, 7) is 4.51. The van der Waals surface area contributed by atoms with E-state index in [2.05, 4.69) is 56.3 Å². The first kappa shape index (κ1) is 21.5. The molecular weight excluding hydrogens is 364 g/mol. The van der Waals surface area contributed by atoms with Gasteiger partial charge in [-0.1, -0.05) is 62.9 Å². The Hall–Kier alpha value is -1.76. The number of ether oxygens (including phenoxy) is 1. The normalized spacial score (nSPS) is 27.0. The topological polar surface area (TPSA) is 9.23 Å². The Balaban J connectivity index is 1.32. The van der Waals surface area contributed by atoms with E-state index >= 15 is 0 Å². The number of benzene rings is 2. The monoisotopic (exact) mass is 404 g/mol. The molecule has 1 heteroatoms. The summed E-state index contributed by atoms with van der Waals surface area (Å²) in [5, 5.41) is 0. The molecule has 30 heavy (non-hydrogen) atoms. The second-order valence-corrected chi connectivity index (χ2v) is 9.98. The maximum Gasteiger partial charge on any atom is 0.119 e. The molecule has 0 unspecified atom stereocenters. The molecule has 2 aliphatic rings. The molecule has 2 aliphatic carbocycles. The summed E-state index contributed by atoms with van der Waals surface area (Å²) in [7, 11) is 1.73. The second kappa shape index (κ2) is 10.0. The minimum atomic E-state index is 0.767. The Morgan fingerprint density at radius 2 is 1.43 bits per heavy atom. The molecule has 2 saturated carbocycles. The van der Waals surface area contributed by atoms with Crippen LogP contribution in [0, 0.1) is 24.7 Å². The number of hydrogen-bond donors (Lipinski definition) is 0. The number of aryl methyl sites for hydroxylation is 1. The zero-order chi connectivity index (χ0) is 20.9. The maximum atomic E-state index is 5.35. The third kappa shape index (κ3) is 4.93. The molecule has 2 aromatic carbocycles. The third-order valence-electron chi connectivity index (χ3n) is 8.15. The van der Waals surface area contributed by atoms with E-state index in [4.69, 9.17) is 4.74 Å². The summed E-state index contributed by atoms with van der Waals surface area (Å²) in [5.74, 6) is 4.77. The van der Waals surface area contributed by atoms with E-state index in [-0.39, 0.29) is 0 Å². The summed E-state index contributed by atoms with van der Waals surface area (Å²) in [5.41, 5.74) is 5.45. The number of rotatable bonds is 6. The van der Waals surface area contributed by atoms with E-state index in [1.54, 1.807) is 12.7 Å². The van der Waals surface area contributed by atoms with Crippen LogP contribution in [0.2, 0.25) is 0 Å². The highest BCUT2D eigenvalue weighted by Crippen LogP contribution is 2.44. The Labute approximate surface area is 184 Å². The van der Waals surface area contributed by atoms with E-state index < -0.39 is 0 Å². The first-order chi connectivity index (χ1) is 14.7. The minimum absolute atomic E-state index is 0.767. The average Bonchev–Trinajstić information content (AvgIpc) is 2.80. The first-order valence-corrected chi connectivity index (χ1v) is 12.4. The fraction of sp³-hybridized carbons (Fsp3) is 0.586. The molecule has 1 nitrogen and oxygen atoms in total. The molecule has 0 aromatic heterocycles. The smallest absolute Gasteiger partial charge is 0.119 e. The third-order valence-corrected chi connectivity index (χ3v) is 8.15. The summed E-state index contributed by atoms with van der Waals surface area (Å²) >= 11 is 0. The average molecular weight is 405 g/mol. The molecule has 4 rings (SSSR count). The van der Waals surface area contributed by atoms with Gasteiger partial charge in [-0.25, -0.2) is 0 Å². The van der Waals surface area contributed by atoms with Crippen LogP contribution in [0.1, 0.15) is 88.2 Å². The Morgan fingerprint density at radius 1 is 0.800 bits per heavy atom. The van der Waals surface area contributed by atoms with Gasteiger partial charge in [0.15, 0.2) is 0 Å². The van der Waals surface area contributed by atoms with Crippen LogP contribution in [0.15, 0.2) is 42.5 Å².